The molecule has 2 fully saturated rings. The lowest BCUT2D eigenvalue weighted by atomic mass is 9.85. The highest BCUT2D eigenvalue weighted by Gasteiger charge is 2.45. The monoisotopic (exact) mass is 255 g/mol. The Bertz CT molecular complexity index is 311. The maximum atomic E-state index is 12.3. The van der Waals surface area contributed by atoms with E-state index in [0.717, 1.165) is 12.8 Å². The molecule has 0 aromatic rings. The Labute approximate surface area is 109 Å². The molecule has 3 atom stereocenters. The van der Waals surface area contributed by atoms with Crippen LogP contribution in [0.3, 0.4) is 0 Å². The second kappa shape index (κ2) is 5.08. The molecule has 1 N–H and O–H groups in total. The van der Waals surface area contributed by atoms with Gasteiger partial charge < -0.3 is 9.84 Å². The molecule has 0 aromatic heterocycles. The zero-order chi connectivity index (χ0) is 13.3. The van der Waals surface area contributed by atoms with Gasteiger partial charge in [-0.25, -0.2) is 4.79 Å². The number of nitrogens with zero attached hydrogens (tertiary/aromatic N) is 1. The number of carbonyl (C=O) groups excluding carboxylic acids is 1. The summed E-state index contributed by atoms with van der Waals surface area (Å²) in [7, 11) is 0. The number of ether oxygens (including phenoxy) is 1. The Kier molecular flexibility index (Phi) is 3.85. The van der Waals surface area contributed by atoms with Gasteiger partial charge in [0.2, 0.25) is 0 Å². The maximum absolute atomic E-state index is 12.3. The molecular formula is C14H25NO3. The maximum Gasteiger partial charge on any atom is 0.410 e. The number of aliphatic hydroxyl groups is 1. The molecule has 0 radical (unpaired) electrons. The van der Waals surface area contributed by atoms with Gasteiger partial charge in [-0.3, -0.25) is 4.90 Å². The highest BCUT2D eigenvalue weighted by atomic mass is 16.6. The highest BCUT2D eigenvalue weighted by molar-refractivity contribution is 5.69. The Morgan fingerprint density at radius 2 is 2.00 bits per heavy atom. The molecule has 1 heterocycles. The molecular weight excluding hydrogens is 230 g/mol. The van der Waals surface area contributed by atoms with Crippen molar-refractivity contribution in [3.05, 3.63) is 0 Å². The van der Waals surface area contributed by atoms with Gasteiger partial charge in [-0.15, -0.1) is 0 Å². The summed E-state index contributed by atoms with van der Waals surface area (Å²) in [5.41, 5.74) is -0.468. The average molecular weight is 255 g/mol. The lowest BCUT2D eigenvalue weighted by molar-refractivity contribution is 0.00509. The van der Waals surface area contributed by atoms with Gasteiger partial charge in [0.1, 0.15) is 5.60 Å². The van der Waals surface area contributed by atoms with E-state index in [9.17, 15) is 9.90 Å². The number of hydrogen-bond donors (Lipinski definition) is 1. The predicted molar refractivity (Wildman–Crippen MR) is 69.3 cm³/mol. The van der Waals surface area contributed by atoms with Crippen molar-refractivity contribution in [2.75, 3.05) is 6.61 Å². The van der Waals surface area contributed by atoms with Gasteiger partial charge in [-0.05, 0) is 46.0 Å². The Morgan fingerprint density at radius 1 is 1.33 bits per heavy atom. The van der Waals surface area contributed by atoms with Crippen LogP contribution in [0.25, 0.3) is 0 Å². The Balaban J connectivity index is 2.10. The molecule has 0 spiro atoms. The van der Waals surface area contributed by atoms with Crippen LogP contribution in [0.4, 0.5) is 4.79 Å². The second-order valence-corrected chi connectivity index (χ2v) is 6.57. The van der Waals surface area contributed by atoms with Gasteiger partial charge in [0.25, 0.3) is 0 Å². The van der Waals surface area contributed by atoms with Crippen molar-refractivity contribution >= 4 is 6.09 Å². The van der Waals surface area contributed by atoms with E-state index in [-0.39, 0.29) is 24.8 Å². The number of carbonyl (C=O) groups is 1. The van der Waals surface area contributed by atoms with E-state index in [1.807, 2.05) is 25.7 Å². The lowest BCUT2D eigenvalue weighted by Gasteiger charge is -2.34. The van der Waals surface area contributed by atoms with Crippen molar-refractivity contribution in [1.82, 2.24) is 4.90 Å². The van der Waals surface area contributed by atoms with Crippen LogP contribution in [0.2, 0.25) is 0 Å². The van der Waals surface area contributed by atoms with Crippen molar-refractivity contribution in [2.45, 2.75) is 70.6 Å². The summed E-state index contributed by atoms with van der Waals surface area (Å²) in [5.74, 6) is 0.559. The molecule has 1 amide bonds. The minimum Gasteiger partial charge on any atom is -0.444 e. The largest absolute Gasteiger partial charge is 0.444 e. The van der Waals surface area contributed by atoms with Gasteiger partial charge in [-0.2, -0.15) is 0 Å². The number of hydrogen-bond acceptors (Lipinski definition) is 3. The van der Waals surface area contributed by atoms with Crippen LogP contribution in [0.15, 0.2) is 0 Å². The standard InChI is InChI=1S/C14H25NO3/c1-14(2,3)18-13(17)15-11(9-16)8-10-6-4-5-7-12(10)15/h10-12,16H,4-9H2,1-3H3. The Morgan fingerprint density at radius 3 is 2.61 bits per heavy atom. The van der Waals surface area contributed by atoms with E-state index in [2.05, 4.69) is 0 Å². The lowest BCUT2D eigenvalue weighted by Crippen LogP contribution is -2.46. The number of likely N-dealkylation sites (tertiary alicyclic amines) is 1. The van der Waals surface area contributed by atoms with Crippen molar-refractivity contribution in [3.63, 3.8) is 0 Å². The van der Waals surface area contributed by atoms with Crippen molar-refractivity contribution in [2.24, 2.45) is 5.92 Å². The molecule has 2 aliphatic rings. The van der Waals surface area contributed by atoms with Crippen LogP contribution in [-0.4, -0.2) is 40.4 Å². The third-order valence-corrected chi connectivity index (χ3v) is 4.01. The van der Waals surface area contributed by atoms with Gasteiger partial charge in [-0.1, -0.05) is 12.8 Å². The van der Waals surface area contributed by atoms with Crippen LogP contribution in [-0.2, 0) is 4.74 Å². The summed E-state index contributed by atoms with van der Waals surface area (Å²) in [6.45, 7) is 5.69. The first kappa shape index (κ1) is 13.7. The van der Waals surface area contributed by atoms with E-state index in [4.69, 9.17) is 4.74 Å². The zero-order valence-corrected chi connectivity index (χ0v) is 11.7. The second-order valence-electron chi connectivity index (χ2n) is 6.57. The summed E-state index contributed by atoms with van der Waals surface area (Å²) in [4.78, 5) is 14.1. The molecule has 1 aliphatic heterocycles. The molecule has 3 unspecified atom stereocenters. The zero-order valence-electron chi connectivity index (χ0n) is 11.7. The third kappa shape index (κ3) is 2.79. The molecule has 0 aromatic carbocycles. The fraction of sp³-hybridized carbons (Fsp3) is 0.929. The molecule has 1 saturated carbocycles. The first-order valence-electron chi connectivity index (χ1n) is 7.04. The molecule has 4 nitrogen and oxygen atoms in total. The fourth-order valence-corrected chi connectivity index (χ4v) is 3.32. The first-order valence-corrected chi connectivity index (χ1v) is 7.04. The van der Waals surface area contributed by atoms with Crippen LogP contribution in [0.1, 0.15) is 52.9 Å². The van der Waals surface area contributed by atoms with E-state index in [0.29, 0.717) is 5.92 Å². The van der Waals surface area contributed by atoms with Crippen LogP contribution in [0.5, 0.6) is 0 Å². The molecule has 104 valence electrons. The molecule has 1 saturated heterocycles. The molecule has 18 heavy (non-hydrogen) atoms. The summed E-state index contributed by atoms with van der Waals surface area (Å²) in [6, 6.07) is 0.235. The molecule has 0 bridgehead atoms. The van der Waals surface area contributed by atoms with Gasteiger partial charge in [0, 0.05) is 6.04 Å². The fourth-order valence-electron chi connectivity index (χ4n) is 3.32. The van der Waals surface area contributed by atoms with Crippen molar-refractivity contribution in [3.8, 4) is 0 Å². The predicted octanol–water partition coefficient (Wildman–Crippen LogP) is 2.55. The van der Waals surface area contributed by atoms with Crippen LogP contribution in [0, 0.1) is 5.92 Å². The highest BCUT2D eigenvalue weighted by Crippen LogP contribution is 2.40. The van der Waals surface area contributed by atoms with E-state index >= 15 is 0 Å². The van der Waals surface area contributed by atoms with E-state index < -0.39 is 5.60 Å². The number of amides is 1. The molecule has 1 aliphatic carbocycles. The average Bonchev–Trinajstić information content (AvgIpc) is 2.64. The number of aliphatic hydroxyl groups excluding tert-OH is 1. The normalized spacial score (nSPS) is 32.2. The first-order chi connectivity index (χ1) is 8.42. The summed E-state index contributed by atoms with van der Waals surface area (Å²) in [5, 5.41) is 9.48. The third-order valence-electron chi connectivity index (χ3n) is 4.01. The van der Waals surface area contributed by atoms with Crippen molar-refractivity contribution < 1.29 is 14.6 Å². The van der Waals surface area contributed by atoms with Crippen LogP contribution < -0.4 is 0 Å². The smallest absolute Gasteiger partial charge is 0.410 e. The quantitative estimate of drug-likeness (QED) is 0.783. The van der Waals surface area contributed by atoms with E-state index in [1.165, 1.54) is 19.3 Å². The summed E-state index contributed by atoms with van der Waals surface area (Å²) < 4.78 is 5.48. The topological polar surface area (TPSA) is 49.8 Å². The van der Waals surface area contributed by atoms with Gasteiger partial charge in [0.05, 0.1) is 12.6 Å². The Hall–Kier alpha value is -0.770. The number of rotatable bonds is 1. The van der Waals surface area contributed by atoms with E-state index in [1.54, 1.807) is 0 Å². The molecule has 2 rings (SSSR count). The summed E-state index contributed by atoms with van der Waals surface area (Å²) in [6.07, 6.45) is 5.34. The minimum absolute atomic E-state index is 0.0479. The number of fused-ring (bicyclic) bond motifs is 1. The summed E-state index contributed by atoms with van der Waals surface area (Å²) >= 11 is 0. The molecule has 4 heteroatoms. The van der Waals surface area contributed by atoms with Gasteiger partial charge >= 0.3 is 6.09 Å². The van der Waals surface area contributed by atoms with Crippen molar-refractivity contribution in [1.29, 1.82) is 0 Å². The minimum atomic E-state index is -0.468. The van der Waals surface area contributed by atoms with Crippen LogP contribution >= 0.6 is 0 Å². The SMILES string of the molecule is CC(C)(C)OC(=O)N1C(CO)CC2CCCCC21. The van der Waals surface area contributed by atoms with Gasteiger partial charge in [0.15, 0.2) is 0 Å².